The van der Waals surface area contributed by atoms with E-state index in [2.05, 4.69) is 25.7 Å². The molecule has 5 nitrogen and oxygen atoms in total. The number of amides is 1. The highest BCUT2D eigenvalue weighted by Gasteiger charge is 2.37. The summed E-state index contributed by atoms with van der Waals surface area (Å²) >= 11 is 1.63. The topological polar surface area (TPSA) is 56.7 Å². The minimum Gasteiger partial charge on any atom is -0.383 e. The van der Waals surface area contributed by atoms with Crippen molar-refractivity contribution in [3.05, 3.63) is 16.1 Å². The zero-order valence-electron chi connectivity index (χ0n) is 16.0. The van der Waals surface area contributed by atoms with Gasteiger partial charge in [-0.1, -0.05) is 33.6 Å². The second kappa shape index (κ2) is 9.64. The number of nitrogens with zero attached hydrogens (tertiary/aromatic N) is 3. The molecule has 1 aliphatic rings. The van der Waals surface area contributed by atoms with Gasteiger partial charge in [0.1, 0.15) is 10.6 Å². The van der Waals surface area contributed by atoms with E-state index in [9.17, 15) is 9.90 Å². The smallest absolute Gasteiger partial charge is 0.222 e. The molecule has 1 N–H and O–H groups in total. The molecule has 0 aromatic carbocycles. The quantitative estimate of drug-likeness (QED) is 0.680. The van der Waals surface area contributed by atoms with Crippen molar-refractivity contribution in [3.63, 3.8) is 0 Å². The third-order valence-corrected chi connectivity index (χ3v) is 6.05. The molecule has 1 saturated heterocycles. The van der Waals surface area contributed by atoms with Gasteiger partial charge in [-0.2, -0.15) is 0 Å². The summed E-state index contributed by atoms with van der Waals surface area (Å²) in [5.41, 5.74) is -0.0872. The van der Waals surface area contributed by atoms with Crippen molar-refractivity contribution in [3.8, 4) is 0 Å². The van der Waals surface area contributed by atoms with Crippen LogP contribution >= 0.6 is 11.3 Å². The summed E-state index contributed by atoms with van der Waals surface area (Å²) in [7, 11) is 0. The molecular weight excluding hydrogens is 334 g/mol. The van der Waals surface area contributed by atoms with E-state index >= 15 is 0 Å². The van der Waals surface area contributed by atoms with Gasteiger partial charge in [0.25, 0.3) is 0 Å². The molecule has 0 saturated carbocycles. The lowest BCUT2D eigenvalue weighted by molar-refractivity contribution is -0.136. The van der Waals surface area contributed by atoms with Crippen LogP contribution in [0, 0.1) is 0 Å². The van der Waals surface area contributed by atoms with Crippen LogP contribution in [0.4, 0.5) is 0 Å². The van der Waals surface area contributed by atoms with E-state index in [0.717, 1.165) is 49.6 Å². The Morgan fingerprint density at radius 1 is 1.28 bits per heavy atom. The van der Waals surface area contributed by atoms with Crippen LogP contribution in [0.1, 0.15) is 70.0 Å². The number of carbonyl (C=O) groups is 1. The molecule has 0 spiro atoms. The molecule has 0 atom stereocenters. The lowest BCUT2D eigenvalue weighted by Crippen LogP contribution is -2.45. The molecule has 1 amide bonds. The molecule has 1 aromatic heterocycles. The van der Waals surface area contributed by atoms with E-state index in [1.54, 1.807) is 11.3 Å². The molecule has 142 valence electrons. The number of piperidine rings is 1. The number of rotatable bonds is 9. The van der Waals surface area contributed by atoms with E-state index in [1.165, 1.54) is 0 Å². The number of hydrogen-bond acceptors (Lipinski definition) is 5. The number of aromatic nitrogens is 1. The summed E-state index contributed by atoms with van der Waals surface area (Å²) in [6, 6.07) is 0. The summed E-state index contributed by atoms with van der Waals surface area (Å²) in [5.74, 6) is 0.232. The Hall–Kier alpha value is -0.980. The van der Waals surface area contributed by atoms with E-state index < -0.39 is 5.60 Å². The summed E-state index contributed by atoms with van der Waals surface area (Å²) in [4.78, 5) is 21.2. The standard InChI is InChI=1S/C19H33N3O2S/c1-4-7-8-9-18(23)22-12-10-19(24,11-13-22)16-15-25-17(20-16)14-21(5-2)6-3/h15,24H,4-14H2,1-3H3. The third kappa shape index (κ3) is 5.50. The van der Waals surface area contributed by atoms with Crippen LogP contribution in [0.5, 0.6) is 0 Å². The Kier molecular flexibility index (Phi) is 7.84. The van der Waals surface area contributed by atoms with Gasteiger partial charge in [-0.15, -0.1) is 11.3 Å². The molecule has 2 rings (SSSR count). The molecule has 1 aliphatic heterocycles. The van der Waals surface area contributed by atoms with E-state index in [1.807, 2.05) is 10.3 Å². The van der Waals surface area contributed by atoms with Crippen LogP contribution in [0.3, 0.4) is 0 Å². The van der Waals surface area contributed by atoms with Crippen molar-refractivity contribution >= 4 is 17.2 Å². The van der Waals surface area contributed by atoms with Crippen LogP contribution in [0.15, 0.2) is 5.38 Å². The SMILES string of the molecule is CCCCCC(=O)N1CCC(O)(c2csc(CN(CC)CC)n2)CC1. The lowest BCUT2D eigenvalue weighted by Gasteiger charge is -2.37. The summed E-state index contributed by atoms with van der Waals surface area (Å²) in [6.07, 6.45) is 5.01. The molecule has 2 heterocycles. The predicted octanol–water partition coefficient (Wildman–Crippen LogP) is 3.38. The van der Waals surface area contributed by atoms with Crippen molar-refractivity contribution in [1.82, 2.24) is 14.8 Å². The summed E-state index contributed by atoms with van der Waals surface area (Å²) in [5, 5.41) is 14.1. The summed E-state index contributed by atoms with van der Waals surface area (Å²) < 4.78 is 0. The van der Waals surface area contributed by atoms with Gasteiger partial charge < -0.3 is 10.0 Å². The van der Waals surface area contributed by atoms with Gasteiger partial charge in [-0.3, -0.25) is 9.69 Å². The maximum Gasteiger partial charge on any atom is 0.222 e. The Balaban J connectivity index is 1.89. The van der Waals surface area contributed by atoms with Crippen molar-refractivity contribution in [2.75, 3.05) is 26.2 Å². The maximum absolute atomic E-state index is 12.2. The minimum atomic E-state index is -0.877. The maximum atomic E-state index is 12.2. The highest BCUT2D eigenvalue weighted by Crippen LogP contribution is 2.34. The summed E-state index contributed by atoms with van der Waals surface area (Å²) in [6.45, 7) is 10.6. The number of aliphatic hydroxyl groups is 1. The van der Waals surface area contributed by atoms with Crippen molar-refractivity contribution in [2.24, 2.45) is 0 Å². The van der Waals surface area contributed by atoms with Crippen LogP contribution in [0.2, 0.25) is 0 Å². The molecule has 1 aromatic rings. The van der Waals surface area contributed by atoms with E-state index in [-0.39, 0.29) is 5.91 Å². The zero-order valence-corrected chi connectivity index (χ0v) is 16.8. The second-order valence-corrected chi connectivity index (χ2v) is 7.90. The number of unbranched alkanes of at least 4 members (excludes halogenated alkanes) is 2. The first-order chi connectivity index (χ1) is 12.0. The largest absolute Gasteiger partial charge is 0.383 e. The first-order valence-corrected chi connectivity index (χ1v) is 10.6. The molecule has 0 unspecified atom stereocenters. The first-order valence-electron chi connectivity index (χ1n) is 9.69. The Morgan fingerprint density at radius 2 is 1.96 bits per heavy atom. The number of likely N-dealkylation sites (tertiary alicyclic amines) is 1. The highest BCUT2D eigenvalue weighted by atomic mass is 32.1. The fourth-order valence-corrected chi connectivity index (χ4v) is 4.23. The predicted molar refractivity (Wildman–Crippen MR) is 103 cm³/mol. The van der Waals surface area contributed by atoms with Gasteiger partial charge in [-0.25, -0.2) is 4.98 Å². The van der Waals surface area contributed by atoms with Gasteiger partial charge in [0.15, 0.2) is 0 Å². The molecule has 0 bridgehead atoms. The molecule has 1 fully saturated rings. The lowest BCUT2D eigenvalue weighted by atomic mass is 9.88. The minimum absolute atomic E-state index is 0.232. The number of thiazole rings is 1. The fraction of sp³-hybridized carbons (Fsp3) is 0.789. The van der Waals surface area contributed by atoms with Gasteiger partial charge in [0.05, 0.1) is 12.2 Å². The van der Waals surface area contributed by atoms with E-state index in [4.69, 9.17) is 4.98 Å². The van der Waals surface area contributed by atoms with Crippen LogP contribution in [-0.4, -0.2) is 52.0 Å². The molecule has 0 aliphatic carbocycles. The van der Waals surface area contributed by atoms with Crippen LogP contribution in [0.25, 0.3) is 0 Å². The van der Waals surface area contributed by atoms with Gasteiger partial charge >= 0.3 is 0 Å². The Morgan fingerprint density at radius 3 is 2.56 bits per heavy atom. The first kappa shape index (κ1) is 20.3. The second-order valence-electron chi connectivity index (χ2n) is 6.96. The zero-order chi connectivity index (χ0) is 18.3. The average molecular weight is 368 g/mol. The average Bonchev–Trinajstić information content (AvgIpc) is 3.10. The van der Waals surface area contributed by atoms with Crippen molar-refractivity contribution in [1.29, 1.82) is 0 Å². The van der Waals surface area contributed by atoms with Gasteiger partial charge in [0, 0.05) is 24.9 Å². The number of carbonyl (C=O) groups excluding carboxylic acids is 1. The monoisotopic (exact) mass is 367 g/mol. The Bertz CT molecular complexity index is 535. The van der Waals surface area contributed by atoms with E-state index in [0.29, 0.717) is 32.4 Å². The van der Waals surface area contributed by atoms with Crippen molar-refractivity contribution < 1.29 is 9.90 Å². The Labute approximate surface area is 156 Å². The molecule has 0 radical (unpaired) electrons. The van der Waals surface area contributed by atoms with Crippen molar-refractivity contribution in [2.45, 2.75) is 71.4 Å². The molecule has 6 heteroatoms. The van der Waals surface area contributed by atoms with Crippen LogP contribution in [-0.2, 0) is 16.9 Å². The third-order valence-electron chi connectivity index (χ3n) is 5.22. The van der Waals surface area contributed by atoms with Crippen LogP contribution < -0.4 is 0 Å². The molecular formula is C19H33N3O2S. The van der Waals surface area contributed by atoms with Gasteiger partial charge in [0.2, 0.25) is 5.91 Å². The fourth-order valence-electron chi connectivity index (χ4n) is 3.30. The number of hydrogen-bond donors (Lipinski definition) is 1. The normalized spacial score (nSPS) is 17.2. The van der Waals surface area contributed by atoms with Gasteiger partial charge in [-0.05, 0) is 32.4 Å². The molecule has 25 heavy (non-hydrogen) atoms. The highest BCUT2D eigenvalue weighted by molar-refractivity contribution is 7.09.